The fourth-order valence-corrected chi connectivity index (χ4v) is 1.85. The maximum atomic E-state index is 11.5. The zero-order valence-corrected chi connectivity index (χ0v) is 9.60. The lowest BCUT2D eigenvalue weighted by atomic mass is 10.2. The van der Waals surface area contributed by atoms with Gasteiger partial charge in [-0.2, -0.15) is 0 Å². The number of aromatic nitrogens is 2. The molecule has 1 atom stereocenters. The molecule has 88 valence electrons. The highest BCUT2D eigenvalue weighted by Gasteiger charge is 2.22. The molecule has 0 spiro atoms. The van der Waals surface area contributed by atoms with Gasteiger partial charge in [0, 0.05) is 25.1 Å². The average molecular weight is 223 g/mol. The minimum Gasteiger partial charge on any atom is -0.391 e. The van der Waals surface area contributed by atoms with Crippen LogP contribution in [0.2, 0.25) is 0 Å². The van der Waals surface area contributed by atoms with Crippen molar-refractivity contribution >= 4 is 5.82 Å². The Balaban J connectivity index is 2.30. The standard InChI is InChI=1S/C11H17N3O2/c1-7(2)11-12-9(5-10(16)13-11)14-4-3-8(15)6-14/h5,7-8,15H,3-4,6H2,1-2H3,(H,12,13,16). The molecule has 0 amide bonds. The molecule has 2 N–H and O–H groups in total. The minimum absolute atomic E-state index is 0.130. The Morgan fingerprint density at radius 1 is 1.62 bits per heavy atom. The van der Waals surface area contributed by atoms with Gasteiger partial charge in [0.15, 0.2) is 0 Å². The monoisotopic (exact) mass is 223 g/mol. The first kappa shape index (κ1) is 11.1. The number of β-amino-alcohol motifs (C(OH)–C–C–N with tert-alkyl or cyclic N) is 1. The van der Waals surface area contributed by atoms with Crippen molar-refractivity contribution in [2.75, 3.05) is 18.0 Å². The normalized spacial score (nSPS) is 20.8. The van der Waals surface area contributed by atoms with Crippen LogP contribution >= 0.6 is 0 Å². The number of aromatic amines is 1. The van der Waals surface area contributed by atoms with Gasteiger partial charge in [-0.1, -0.05) is 13.8 Å². The van der Waals surface area contributed by atoms with Gasteiger partial charge in [0.1, 0.15) is 11.6 Å². The second-order valence-corrected chi connectivity index (χ2v) is 4.53. The Morgan fingerprint density at radius 3 is 2.94 bits per heavy atom. The quantitative estimate of drug-likeness (QED) is 0.764. The number of nitrogens with one attached hydrogen (secondary N) is 1. The summed E-state index contributed by atoms with van der Waals surface area (Å²) in [5, 5.41) is 9.45. The van der Waals surface area contributed by atoms with Gasteiger partial charge in [-0.15, -0.1) is 0 Å². The summed E-state index contributed by atoms with van der Waals surface area (Å²) in [7, 11) is 0. The van der Waals surface area contributed by atoms with E-state index in [1.807, 2.05) is 18.7 Å². The average Bonchev–Trinajstić information content (AvgIpc) is 2.64. The fourth-order valence-electron chi connectivity index (χ4n) is 1.85. The van der Waals surface area contributed by atoms with E-state index in [0.29, 0.717) is 18.2 Å². The van der Waals surface area contributed by atoms with Crippen LogP contribution in [0.4, 0.5) is 5.82 Å². The molecule has 5 heteroatoms. The lowest BCUT2D eigenvalue weighted by Gasteiger charge is -2.17. The number of aliphatic hydroxyl groups is 1. The van der Waals surface area contributed by atoms with Crippen molar-refractivity contribution in [2.45, 2.75) is 32.3 Å². The topological polar surface area (TPSA) is 69.2 Å². The molecule has 0 aliphatic carbocycles. The molecule has 2 rings (SSSR count). The summed E-state index contributed by atoms with van der Waals surface area (Å²) in [5.41, 5.74) is -0.130. The van der Waals surface area contributed by atoms with E-state index in [4.69, 9.17) is 0 Å². The van der Waals surface area contributed by atoms with Crippen molar-refractivity contribution < 1.29 is 5.11 Å². The zero-order chi connectivity index (χ0) is 11.7. The van der Waals surface area contributed by atoms with Crippen LogP contribution in [0.5, 0.6) is 0 Å². The van der Waals surface area contributed by atoms with Gasteiger partial charge in [0.2, 0.25) is 0 Å². The molecule has 0 bridgehead atoms. The summed E-state index contributed by atoms with van der Waals surface area (Å²) >= 11 is 0. The van der Waals surface area contributed by atoms with Crippen molar-refractivity contribution in [1.82, 2.24) is 9.97 Å². The molecule has 5 nitrogen and oxygen atoms in total. The third kappa shape index (κ3) is 2.24. The Hall–Kier alpha value is -1.36. The third-order valence-electron chi connectivity index (χ3n) is 2.78. The predicted molar refractivity (Wildman–Crippen MR) is 61.8 cm³/mol. The van der Waals surface area contributed by atoms with Crippen LogP contribution in [0.25, 0.3) is 0 Å². The maximum Gasteiger partial charge on any atom is 0.252 e. The van der Waals surface area contributed by atoms with Gasteiger partial charge in [0.05, 0.1) is 6.10 Å². The van der Waals surface area contributed by atoms with E-state index in [0.717, 1.165) is 13.0 Å². The van der Waals surface area contributed by atoms with Crippen molar-refractivity contribution in [2.24, 2.45) is 0 Å². The summed E-state index contributed by atoms with van der Waals surface area (Å²) < 4.78 is 0. The second kappa shape index (κ2) is 4.25. The lowest BCUT2D eigenvalue weighted by molar-refractivity contribution is 0.198. The highest BCUT2D eigenvalue weighted by Crippen LogP contribution is 2.18. The molecule has 1 aliphatic heterocycles. The van der Waals surface area contributed by atoms with Gasteiger partial charge < -0.3 is 15.0 Å². The van der Waals surface area contributed by atoms with Crippen LogP contribution in [0.15, 0.2) is 10.9 Å². The molecule has 0 radical (unpaired) electrons. The Morgan fingerprint density at radius 2 is 2.38 bits per heavy atom. The van der Waals surface area contributed by atoms with Crippen LogP contribution in [0, 0.1) is 0 Å². The summed E-state index contributed by atoms with van der Waals surface area (Å²) in [4.78, 5) is 20.6. The van der Waals surface area contributed by atoms with Crippen LogP contribution in [0.1, 0.15) is 32.0 Å². The maximum absolute atomic E-state index is 11.5. The van der Waals surface area contributed by atoms with E-state index in [2.05, 4.69) is 9.97 Å². The molecule has 1 unspecified atom stereocenters. The molecular weight excluding hydrogens is 206 g/mol. The highest BCUT2D eigenvalue weighted by molar-refractivity contribution is 5.39. The molecule has 16 heavy (non-hydrogen) atoms. The third-order valence-corrected chi connectivity index (χ3v) is 2.78. The second-order valence-electron chi connectivity index (χ2n) is 4.53. The number of H-pyrrole nitrogens is 1. The molecule has 0 saturated carbocycles. The molecule has 1 fully saturated rings. The Labute approximate surface area is 94.1 Å². The predicted octanol–water partition coefficient (Wildman–Crippen LogP) is 0.464. The van der Waals surface area contributed by atoms with Gasteiger partial charge in [-0.05, 0) is 6.42 Å². The van der Waals surface area contributed by atoms with Crippen LogP contribution < -0.4 is 10.5 Å². The Kier molecular flexibility index (Phi) is 2.96. The Bertz CT molecular complexity index is 427. The van der Waals surface area contributed by atoms with Gasteiger partial charge in [0.25, 0.3) is 5.56 Å². The number of aliphatic hydroxyl groups excluding tert-OH is 1. The number of hydrogen-bond donors (Lipinski definition) is 2. The summed E-state index contributed by atoms with van der Waals surface area (Å²) in [6.45, 7) is 5.30. The summed E-state index contributed by atoms with van der Waals surface area (Å²) in [6.07, 6.45) is 0.439. The van der Waals surface area contributed by atoms with E-state index in [1.54, 1.807) is 0 Å². The van der Waals surface area contributed by atoms with E-state index in [9.17, 15) is 9.90 Å². The van der Waals surface area contributed by atoms with Crippen molar-refractivity contribution in [3.05, 3.63) is 22.2 Å². The van der Waals surface area contributed by atoms with E-state index in [-0.39, 0.29) is 17.6 Å². The molecule has 1 aliphatic rings. The molecule has 1 saturated heterocycles. The molecular formula is C11H17N3O2. The van der Waals surface area contributed by atoms with Gasteiger partial charge in [-0.3, -0.25) is 4.79 Å². The van der Waals surface area contributed by atoms with Crippen molar-refractivity contribution in [1.29, 1.82) is 0 Å². The van der Waals surface area contributed by atoms with Crippen LogP contribution in [-0.4, -0.2) is 34.3 Å². The SMILES string of the molecule is CC(C)c1nc(N2CCC(O)C2)cc(=O)[nH]1. The lowest BCUT2D eigenvalue weighted by Crippen LogP contribution is -2.25. The summed E-state index contributed by atoms with van der Waals surface area (Å²) in [6, 6.07) is 1.49. The molecule has 1 aromatic heterocycles. The van der Waals surface area contributed by atoms with E-state index in [1.165, 1.54) is 6.07 Å². The largest absolute Gasteiger partial charge is 0.391 e. The van der Waals surface area contributed by atoms with Crippen LogP contribution in [-0.2, 0) is 0 Å². The van der Waals surface area contributed by atoms with E-state index >= 15 is 0 Å². The zero-order valence-electron chi connectivity index (χ0n) is 9.60. The molecule has 0 aromatic carbocycles. The van der Waals surface area contributed by atoms with Crippen LogP contribution in [0.3, 0.4) is 0 Å². The summed E-state index contributed by atoms with van der Waals surface area (Å²) in [5.74, 6) is 1.56. The highest BCUT2D eigenvalue weighted by atomic mass is 16.3. The van der Waals surface area contributed by atoms with Crippen molar-refractivity contribution in [3.8, 4) is 0 Å². The fraction of sp³-hybridized carbons (Fsp3) is 0.636. The van der Waals surface area contributed by atoms with Gasteiger partial charge >= 0.3 is 0 Å². The number of rotatable bonds is 2. The van der Waals surface area contributed by atoms with Crippen molar-refractivity contribution in [3.63, 3.8) is 0 Å². The first-order valence-electron chi connectivity index (χ1n) is 5.60. The first-order valence-corrected chi connectivity index (χ1v) is 5.60. The number of nitrogens with zero attached hydrogens (tertiary/aromatic N) is 2. The van der Waals surface area contributed by atoms with E-state index < -0.39 is 0 Å². The number of anilines is 1. The number of hydrogen-bond acceptors (Lipinski definition) is 4. The van der Waals surface area contributed by atoms with Gasteiger partial charge in [-0.25, -0.2) is 4.98 Å². The molecule has 2 heterocycles. The smallest absolute Gasteiger partial charge is 0.252 e. The minimum atomic E-state index is -0.302. The molecule has 1 aromatic rings. The first-order chi connectivity index (χ1) is 7.56.